The molecule has 0 aliphatic carbocycles. The number of benzene rings is 1. The summed E-state index contributed by atoms with van der Waals surface area (Å²) < 4.78 is 0. The van der Waals surface area contributed by atoms with Crippen LogP contribution in [0.15, 0.2) is 24.3 Å². The first kappa shape index (κ1) is 7.33. The van der Waals surface area contributed by atoms with Crippen LogP contribution in [0.4, 0.5) is 0 Å². The third-order valence-electron chi connectivity index (χ3n) is 1.74. The summed E-state index contributed by atoms with van der Waals surface area (Å²) in [6.45, 7) is 0. The molecule has 0 saturated heterocycles. The number of rotatable bonds is 1. The van der Waals surface area contributed by atoms with E-state index in [4.69, 9.17) is 10.0 Å². The average Bonchev–Trinajstić information content (AvgIpc) is 2.47. The fraction of sp³-hybridized carbons (Fsp3) is 0. The van der Waals surface area contributed by atoms with E-state index in [1.807, 2.05) is 18.2 Å². The molecule has 0 radical (unpaired) electrons. The second-order valence-corrected chi connectivity index (χ2v) is 2.53. The number of nitrogens with one attached hydrogen (secondary N) is 1. The molecular weight excluding hydrogens is 155 g/mol. The molecule has 4 nitrogen and oxygen atoms in total. The predicted molar refractivity (Wildman–Crippen MR) is 45.9 cm³/mol. The van der Waals surface area contributed by atoms with Crippen LogP contribution < -0.4 is 5.59 Å². The predicted octanol–water partition coefficient (Wildman–Crippen LogP) is -0.757. The van der Waals surface area contributed by atoms with Gasteiger partial charge in [-0.25, -0.2) is 0 Å². The first-order valence-electron chi connectivity index (χ1n) is 3.58. The van der Waals surface area contributed by atoms with Gasteiger partial charge in [0.15, 0.2) is 0 Å². The number of H-pyrrole nitrogens is 1. The summed E-state index contributed by atoms with van der Waals surface area (Å²) in [7, 11) is -1.51. The fourth-order valence-corrected chi connectivity index (χ4v) is 1.18. The number of nitrogens with zero attached hydrogens (tertiary/aromatic N) is 1. The zero-order valence-corrected chi connectivity index (χ0v) is 6.23. The minimum atomic E-state index is -1.51. The lowest BCUT2D eigenvalue weighted by Gasteiger charge is -1.91. The fourth-order valence-electron chi connectivity index (χ4n) is 1.18. The third kappa shape index (κ3) is 0.994. The van der Waals surface area contributed by atoms with Gasteiger partial charge in [0, 0.05) is 5.39 Å². The molecule has 12 heavy (non-hydrogen) atoms. The summed E-state index contributed by atoms with van der Waals surface area (Å²) in [6, 6.07) is 7.29. The van der Waals surface area contributed by atoms with E-state index < -0.39 is 7.12 Å². The molecule has 0 unspecified atom stereocenters. The lowest BCUT2D eigenvalue weighted by molar-refractivity contribution is 0.424. The van der Waals surface area contributed by atoms with Crippen LogP contribution in [0.5, 0.6) is 0 Å². The first-order chi connectivity index (χ1) is 5.79. The van der Waals surface area contributed by atoms with Gasteiger partial charge < -0.3 is 10.0 Å². The lowest BCUT2D eigenvalue weighted by atomic mass is 9.84. The maximum absolute atomic E-state index is 8.88. The van der Waals surface area contributed by atoms with E-state index in [1.54, 1.807) is 6.07 Å². The standard InChI is InChI=1S/C7H7BN2O2/c11-8(12)7-5-3-1-2-4-6(5)9-10-7/h1-4,11-12H,(H,9,10). The van der Waals surface area contributed by atoms with Gasteiger partial charge in [0.1, 0.15) is 5.59 Å². The summed E-state index contributed by atoms with van der Waals surface area (Å²) >= 11 is 0. The summed E-state index contributed by atoms with van der Waals surface area (Å²) in [5, 5.41) is 25.0. The number of hydrogen-bond donors (Lipinski definition) is 3. The van der Waals surface area contributed by atoms with E-state index in [1.165, 1.54) is 0 Å². The van der Waals surface area contributed by atoms with E-state index in [0.29, 0.717) is 0 Å². The Bertz CT molecular complexity index is 399. The molecule has 60 valence electrons. The van der Waals surface area contributed by atoms with Crippen molar-refractivity contribution in [3.05, 3.63) is 24.3 Å². The van der Waals surface area contributed by atoms with Gasteiger partial charge in [-0.3, -0.25) is 5.10 Å². The average molecular weight is 162 g/mol. The van der Waals surface area contributed by atoms with Crippen molar-refractivity contribution in [2.75, 3.05) is 0 Å². The highest BCUT2D eigenvalue weighted by Crippen LogP contribution is 2.06. The quantitative estimate of drug-likeness (QED) is 0.483. The molecule has 0 saturated carbocycles. The van der Waals surface area contributed by atoms with Crippen LogP contribution in [0.3, 0.4) is 0 Å². The molecule has 0 amide bonds. The van der Waals surface area contributed by atoms with E-state index in [2.05, 4.69) is 10.2 Å². The summed E-state index contributed by atoms with van der Waals surface area (Å²) in [6.07, 6.45) is 0. The molecular formula is C7H7BN2O2. The van der Waals surface area contributed by atoms with Gasteiger partial charge in [-0.1, -0.05) is 18.2 Å². The minimum Gasteiger partial charge on any atom is -0.422 e. The Balaban J connectivity index is 2.70. The second-order valence-electron chi connectivity index (χ2n) is 2.53. The Kier molecular flexibility index (Phi) is 1.60. The van der Waals surface area contributed by atoms with Crippen molar-refractivity contribution in [3.8, 4) is 0 Å². The number of hydrogen-bond acceptors (Lipinski definition) is 3. The van der Waals surface area contributed by atoms with Gasteiger partial charge in [0.25, 0.3) is 0 Å². The molecule has 1 heterocycles. The molecule has 0 spiro atoms. The Morgan fingerprint density at radius 1 is 1.25 bits per heavy atom. The van der Waals surface area contributed by atoms with E-state index in [0.717, 1.165) is 10.9 Å². The van der Waals surface area contributed by atoms with Gasteiger partial charge in [-0.2, -0.15) is 5.10 Å². The number of aromatic nitrogens is 2. The summed E-state index contributed by atoms with van der Waals surface area (Å²) in [5.41, 5.74) is 1.08. The number of aromatic amines is 1. The molecule has 0 fully saturated rings. The Labute approximate surface area is 69.0 Å². The molecule has 1 aromatic carbocycles. The zero-order valence-electron chi connectivity index (χ0n) is 6.23. The molecule has 3 N–H and O–H groups in total. The second kappa shape index (κ2) is 2.62. The van der Waals surface area contributed by atoms with Crippen LogP contribution in [0.25, 0.3) is 10.9 Å². The van der Waals surface area contributed by atoms with Crippen molar-refractivity contribution in [1.82, 2.24) is 10.2 Å². The van der Waals surface area contributed by atoms with Crippen molar-refractivity contribution in [1.29, 1.82) is 0 Å². The highest BCUT2D eigenvalue weighted by Gasteiger charge is 2.17. The monoisotopic (exact) mass is 162 g/mol. The van der Waals surface area contributed by atoms with Gasteiger partial charge in [0.2, 0.25) is 0 Å². The maximum atomic E-state index is 8.88. The largest absolute Gasteiger partial charge is 0.510 e. The molecule has 5 heteroatoms. The van der Waals surface area contributed by atoms with Crippen LogP contribution in [0, 0.1) is 0 Å². The van der Waals surface area contributed by atoms with E-state index in [9.17, 15) is 0 Å². The maximum Gasteiger partial charge on any atom is 0.510 e. The third-order valence-corrected chi connectivity index (χ3v) is 1.74. The van der Waals surface area contributed by atoms with Crippen molar-refractivity contribution >= 4 is 23.6 Å². The Morgan fingerprint density at radius 3 is 2.75 bits per heavy atom. The molecule has 0 bridgehead atoms. The van der Waals surface area contributed by atoms with Crippen LogP contribution in [-0.2, 0) is 0 Å². The summed E-state index contributed by atoms with van der Waals surface area (Å²) in [5.74, 6) is 0. The lowest BCUT2D eigenvalue weighted by Crippen LogP contribution is -2.31. The van der Waals surface area contributed by atoms with Crippen LogP contribution in [-0.4, -0.2) is 27.4 Å². The molecule has 0 atom stereocenters. The smallest absolute Gasteiger partial charge is 0.422 e. The first-order valence-corrected chi connectivity index (χ1v) is 3.58. The normalized spacial score (nSPS) is 10.5. The van der Waals surface area contributed by atoms with Crippen molar-refractivity contribution < 1.29 is 10.0 Å². The van der Waals surface area contributed by atoms with Gasteiger partial charge in [-0.15, -0.1) is 0 Å². The molecule has 0 aliphatic heterocycles. The zero-order chi connectivity index (χ0) is 8.55. The molecule has 1 aromatic heterocycles. The van der Waals surface area contributed by atoms with Gasteiger partial charge in [-0.05, 0) is 6.07 Å². The van der Waals surface area contributed by atoms with Crippen LogP contribution >= 0.6 is 0 Å². The van der Waals surface area contributed by atoms with E-state index in [-0.39, 0.29) is 5.59 Å². The van der Waals surface area contributed by atoms with Gasteiger partial charge in [0.05, 0.1) is 5.52 Å². The number of para-hydroxylation sites is 1. The molecule has 2 aromatic rings. The minimum absolute atomic E-state index is 0.269. The van der Waals surface area contributed by atoms with Crippen molar-refractivity contribution in [2.24, 2.45) is 0 Å². The Hall–Kier alpha value is -1.33. The highest BCUT2D eigenvalue weighted by molar-refractivity contribution is 6.60. The summed E-state index contributed by atoms with van der Waals surface area (Å²) in [4.78, 5) is 0. The molecule has 2 rings (SSSR count). The van der Waals surface area contributed by atoms with Crippen LogP contribution in [0.2, 0.25) is 0 Å². The van der Waals surface area contributed by atoms with Gasteiger partial charge >= 0.3 is 7.12 Å². The topological polar surface area (TPSA) is 69.1 Å². The van der Waals surface area contributed by atoms with E-state index >= 15 is 0 Å². The van der Waals surface area contributed by atoms with Crippen molar-refractivity contribution in [2.45, 2.75) is 0 Å². The highest BCUT2D eigenvalue weighted by atomic mass is 16.4. The Morgan fingerprint density at radius 2 is 2.00 bits per heavy atom. The van der Waals surface area contributed by atoms with Crippen LogP contribution in [0.1, 0.15) is 0 Å². The SMILES string of the molecule is OB(O)c1n[nH]c2ccccc12. The van der Waals surface area contributed by atoms with Crippen molar-refractivity contribution in [3.63, 3.8) is 0 Å². The number of fused-ring (bicyclic) bond motifs is 1. The molecule has 0 aliphatic rings.